The Morgan fingerprint density at radius 1 is 1.27 bits per heavy atom. The number of amides is 3. The third kappa shape index (κ3) is 7.94. The number of carbonyl (C=O) groups is 4. The number of nitrogens with one attached hydrogen (secondary N) is 2. The molecule has 4 heterocycles. The van der Waals surface area contributed by atoms with Crippen molar-refractivity contribution in [3.8, 4) is 10.6 Å². The summed E-state index contributed by atoms with van der Waals surface area (Å²) in [5, 5.41) is 24.2. The molecular formula is C25H34N11O9S3+. The molecule has 0 aliphatic carbocycles. The average Bonchev–Trinajstić information content (AvgIpc) is 3.75. The normalized spacial score (nSPS) is 16.9. The van der Waals surface area contributed by atoms with E-state index in [9.17, 15) is 37.3 Å². The maximum atomic E-state index is 13.3. The van der Waals surface area contributed by atoms with Gasteiger partial charge in [0.2, 0.25) is 5.60 Å². The van der Waals surface area contributed by atoms with Crippen molar-refractivity contribution in [1.82, 2.24) is 29.7 Å². The van der Waals surface area contributed by atoms with Gasteiger partial charge in [0.15, 0.2) is 21.9 Å². The molecule has 4 rings (SSSR count). The van der Waals surface area contributed by atoms with Gasteiger partial charge in [0.1, 0.15) is 18.8 Å². The van der Waals surface area contributed by atoms with E-state index in [2.05, 4.69) is 25.9 Å². The van der Waals surface area contributed by atoms with Gasteiger partial charge < -0.3 is 37.8 Å². The fourth-order valence-electron chi connectivity index (χ4n) is 4.34. The molecule has 20 nitrogen and oxygen atoms in total. The summed E-state index contributed by atoms with van der Waals surface area (Å²) in [4.78, 5) is 59.9. The highest BCUT2D eigenvalue weighted by Crippen LogP contribution is 2.26. The first-order chi connectivity index (χ1) is 22.5. The third-order valence-electron chi connectivity index (χ3n) is 7.09. The predicted molar refractivity (Wildman–Crippen MR) is 171 cm³/mol. The van der Waals surface area contributed by atoms with Crippen LogP contribution in [0.4, 0.5) is 5.13 Å². The minimum atomic E-state index is -5.10. The van der Waals surface area contributed by atoms with Crippen molar-refractivity contribution < 1.29 is 46.7 Å². The Morgan fingerprint density at radius 2 is 1.96 bits per heavy atom. The zero-order valence-electron chi connectivity index (χ0n) is 25.8. The highest BCUT2D eigenvalue weighted by molar-refractivity contribution is 7.84. The third-order valence-corrected chi connectivity index (χ3v) is 9.94. The molecule has 3 amide bonds. The number of rotatable bonds is 15. The van der Waals surface area contributed by atoms with E-state index in [1.807, 2.05) is 0 Å². The average molecular weight is 729 g/mol. The van der Waals surface area contributed by atoms with Gasteiger partial charge in [0, 0.05) is 30.6 Å². The molecule has 3 aromatic rings. The standard InChI is InChI=1S/C25H33N11O9S3/c1-25(2,23(40)41)45-33-17(14-11-46-24(28)31-14)20(38)32-18-15(36(21(18)39)48(42,43)44)7-29-19(37)16-10-34(3)22(47-16)13-6-30-35(9-13)8-12(4-26)5-27/h6,9-12,15,18H,4-5,7-8,26-27H2,1-3H3,(H5-,28,29,31,32,37,38,40,41,42,43,44)/p+1/b33-17-/t15-,18+/m1/s1. The predicted octanol–water partition coefficient (Wildman–Crippen LogP) is -2.48. The van der Waals surface area contributed by atoms with Crippen LogP contribution in [0.5, 0.6) is 0 Å². The number of hydrogen-bond acceptors (Lipinski definition) is 15. The first-order valence-electron chi connectivity index (χ1n) is 14.0. The second kappa shape index (κ2) is 14.3. The van der Waals surface area contributed by atoms with Crippen molar-refractivity contribution in [2.24, 2.45) is 29.6 Å². The van der Waals surface area contributed by atoms with Gasteiger partial charge in [-0.15, -0.1) is 11.3 Å². The maximum absolute atomic E-state index is 13.3. The zero-order valence-corrected chi connectivity index (χ0v) is 28.2. The number of aryl methyl sites for hydroxylation is 1. The van der Waals surface area contributed by atoms with Crippen LogP contribution < -0.4 is 32.4 Å². The molecule has 1 fully saturated rings. The van der Waals surface area contributed by atoms with Crippen molar-refractivity contribution in [2.45, 2.75) is 38.1 Å². The van der Waals surface area contributed by atoms with Gasteiger partial charge in [-0.05, 0) is 26.9 Å². The second-order valence-electron chi connectivity index (χ2n) is 11.1. The van der Waals surface area contributed by atoms with Gasteiger partial charge in [-0.25, -0.2) is 14.1 Å². The lowest BCUT2D eigenvalue weighted by Gasteiger charge is -2.44. The first-order valence-corrected chi connectivity index (χ1v) is 17.1. The van der Waals surface area contributed by atoms with E-state index in [0.717, 1.165) is 22.7 Å². The van der Waals surface area contributed by atoms with E-state index >= 15 is 0 Å². The number of thiazole rings is 2. The topological polar surface area (TPSA) is 304 Å². The van der Waals surface area contributed by atoms with Crippen LogP contribution >= 0.6 is 22.7 Å². The number of nitrogen functional groups attached to an aromatic ring is 1. The SMILES string of the molecule is C[n+]1cc(C(=O)NC[C@@H]2[C@H](NC(=O)/C(=N\OC(C)(C)C(=O)O)c3csc(N)n3)C(=O)N2S(=O)(=O)O)sc1-c1cnn(CC(CN)CN)c1. The number of carboxylic acids is 1. The molecular weight excluding hydrogens is 695 g/mol. The number of carbonyl (C=O) groups excluding carboxylic acids is 3. The lowest BCUT2D eigenvalue weighted by molar-refractivity contribution is -0.656. The van der Waals surface area contributed by atoms with Crippen molar-refractivity contribution in [2.75, 3.05) is 25.4 Å². The van der Waals surface area contributed by atoms with E-state index < -0.39 is 63.9 Å². The summed E-state index contributed by atoms with van der Waals surface area (Å²) in [6.07, 6.45) is 4.95. The molecule has 2 atom stereocenters. The van der Waals surface area contributed by atoms with Gasteiger partial charge in [0.25, 0.3) is 22.7 Å². The minimum absolute atomic E-state index is 0.0339. The van der Waals surface area contributed by atoms with Gasteiger partial charge in [-0.3, -0.25) is 23.6 Å². The Labute approximate surface area is 281 Å². The van der Waals surface area contributed by atoms with E-state index in [-0.39, 0.29) is 25.9 Å². The highest BCUT2D eigenvalue weighted by atomic mass is 32.2. The lowest BCUT2D eigenvalue weighted by atomic mass is 9.98. The summed E-state index contributed by atoms with van der Waals surface area (Å²) in [5.74, 6) is -4.31. The lowest BCUT2D eigenvalue weighted by Crippen LogP contribution is -2.74. The number of nitrogens with zero attached hydrogens (tertiary/aromatic N) is 6. The van der Waals surface area contributed by atoms with Crippen molar-refractivity contribution in [1.29, 1.82) is 0 Å². The van der Waals surface area contributed by atoms with Crippen LogP contribution in [0.1, 0.15) is 29.2 Å². The summed E-state index contributed by atoms with van der Waals surface area (Å²) in [7, 11) is -3.38. The number of nitrogens with two attached hydrogens (primary N) is 3. The molecule has 0 unspecified atom stereocenters. The van der Waals surface area contributed by atoms with Crippen LogP contribution in [-0.2, 0) is 43.1 Å². The number of aromatic nitrogens is 4. The van der Waals surface area contributed by atoms with Crippen LogP contribution in [0, 0.1) is 5.92 Å². The number of hydrogen-bond donors (Lipinski definition) is 7. The van der Waals surface area contributed by atoms with Crippen LogP contribution in [0.25, 0.3) is 10.6 Å². The van der Waals surface area contributed by atoms with Crippen molar-refractivity contribution >= 4 is 67.5 Å². The maximum Gasteiger partial charge on any atom is 0.362 e. The molecule has 23 heteroatoms. The van der Waals surface area contributed by atoms with Crippen molar-refractivity contribution in [3.05, 3.63) is 34.5 Å². The monoisotopic (exact) mass is 728 g/mol. The number of aliphatic carboxylic acids is 1. The Kier molecular flexibility index (Phi) is 10.8. The molecule has 260 valence electrons. The number of carboxylic acid groups (broad SMARTS) is 1. The van der Waals surface area contributed by atoms with Crippen LogP contribution in [0.2, 0.25) is 0 Å². The van der Waals surface area contributed by atoms with Crippen LogP contribution in [-0.4, -0.2) is 104 Å². The van der Waals surface area contributed by atoms with Crippen LogP contribution in [0.3, 0.4) is 0 Å². The zero-order chi connectivity index (χ0) is 35.6. The molecule has 10 N–H and O–H groups in total. The van der Waals surface area contributed by atoms with Crippen LogP contribution in [0.15, 0.2) is 29.1 Å². The molecule has 1 saturated heterocycles. The Morgan fingerprint density at radius 3 is 2.54 bits per heavy atom. The van der Waals surface area contributed by atoms with E-state index in [1.165, 1.54) is 19.2 Å². The summed E-state index contributed by atoms with van der Waals surface area (Å²) in [5.41, 5.74) is 15.3. The van der Waals surface area contributed by atoms with Gasteiger partial charge in [-0.1, -0.05) is 16.5 Å². The van der Waals surface area contributed by atoms with E-state index in [4.69, 9.17) is 22.0 Å². The molecule has 0 radical (unpaired) electrons. The minimum Gasteiger partial charge on any atom is -0.478 e. The molecule has 3 aromatic heterocycles. The Bertz CT molecular complexity index is 1850. The molecule has 48 heavy (non-hydrogen) atoms. The number of oxime groups is 1. The fourth-order valence-corrected chi connectivity index (χ4v) is 6.77. The Hall–Kier alpha value is -4.55. The smallest absolute Gasteiger partial charge is 0.362 e. The number of β-lactam (4-membered cyclic amide) rings is 1. The second-order valence-corrected chi connectivity index (χ2v) is 14.3. The first kappa shape index (κ1) is 36.3. The van der Waals surface area contributed by atoms with Gasteiger partial charge in [0.05, 0.1) is 17.8 Å². The van der Waals surface area contributed by atoms with Gasteiger partial charge in [-0.2, -0.15) is 18.1 Å². The fraction of sp³-hybridized carbons (Fsp3) is 0.440. The van der Waals surface area contributed by atoms with E-state index in [1.54, 1.807) is 34.9 Å². The Balaban J connectivity index is 1.51. The molecule has 1 aliphatic heterocycles. The molecule has 0 saturated carbocycles. The number of anilines is 1. The largest absolute Gasteiger partial charge is 0.478 e. The summed E-state index contributed by atoms with van der Waals surface area (Å²) in [6.45, 7) is 3.13. The summed E-state index contributed by atoms with van der Waals surface area (Å²) >= 11 is 2.05. The van der Waals surface area contributed by atoms with Gasteiger partial charge >= 0.3 is 16.3 Å². The summed E-state index contributed by atoms with van der Waals surface area (Å²) < 4.78 is 37.2. The quantitative estimate of drug-likeness (QED) is 0.0280. The summed E-state index contributed by atoms with van der Waals surface area (Å²) in [6, 6.07) is -3.02. The van der Waals surface area contributed by atoms with Crippen molar-refractivity contribution in [3.63, 3.8) is 0 Å². The molecule has 0 spiro atoms. The molecule has 1 aliphatic rings. The van der Waals surface area contributed by atoms with E-state index in [0.29, 0.717) is 30.2 Å². The molecule has 0 bridgehead atoms. The highest BCUT2D eigenvalue weighted by Gasteiger charge is 2.54. The molecule has 0 aromatic carbocycles.